The summed E-state index contributed by atoms with van der Waals surface area (Å²) in [5.74, 6) is 0.110. The van der Waals surface area contributed by atoms with Crippen molar-refractivity contribution in [3.05, 3.63) is 41.1 Å². The van der Waals surface area contributed by atoms with Crippen LogP contribution in [0.25, 0.3) is 22.3 Å². The molecule has 0 saturated carbocycles. The fraction of sp³-hybridized carbons (Fsp3) is 0.455. The molecule has 6 nitrogen and oxygen atoms in total. The standard InChI is InChI=1S/C22H27N5O/c1-22(2)6-5-16-19(13-22)25-26-20(16)18-11-14-3-4-15(12-17(14)24-18)21(28)27-9-7-23-8-10-27/h3-4,11-12,23-24H,5-10,13H2,1-2H3,(H,25,26). The molecule has 0 spiro atoms. The van der Waals surface area contributed by atoms with E-state index in [1.807, 2.05) is 23.1 Å². The lowest BCUT2D eigenvalue weighted by molar-refractivity contribution is 0.0736. The van der Waals surface area contributed by atoms with Crippen LogP contribution in [0.2, 0.25) is 0 Å². The zero-order valence-electron chi connectivity index (χ0n) is 16.6. The number of H-pyrrole nitrogens is 2. The number of benzene rings is 1. The summed E-state index contributed by atoms with van der Waals surface area (Å²) < 4.78 is 0. The van der Waals surface area contributed by atoms with Crippen LogP contribution >= 0.6 is 0 Å². The number of aromatic nitrogens is 3. The van der Waals surface area contributed by atoms with Gasteiger partial charge < -0.3 is 15.2 Å². The number of nitrogens with one attached hydrogen (secondary N) is 3. The summed E-state index contributed by atoms with van der Waals surface area (Å²) in [6, 6.07) is 8.09. The van der Waals surface area contributed by atoms with Crippen LogP contribution < -0.4 is 5.32 Å². The maximum Gasteiger partial charge on any atom is 0.254 e. The first-order chi connectivity index (χ1) is 13.5. The molecule has 5 rings (SSSR count). The van der Waals surface area contributed by atoms with Crippen LogP contribution in [-0.2, 0) is 12.8 Å². The Labute approximate surface area is 164 Å². The predicted molar refractivity (Wildman–Crippen MR) is 110 cm³/mol. The monoisotopic (exact) mass is 377 g/mol. The number of hydrogen-bond donors (Lipinski definition) is 3. The molecule has 2 aliphatic rings. The lowest BCUT2D eigenvalue weighted by Gasteiger charge is -2.28. The highest BCUT2D eigenvalue weighted by Crippen LogP contribution is 2.38. The van der Waals surface area contributed by atoms with E-state index in [4.69, 9.17) is 0 Å². The molecular formula is C22H27N5O. The van der Waals surface area contributed by atoms with Crippen LogP contribution in [0.15, 0.2) is 24.3 Å². The van der Waals surface area contributed by atoms with Gasteiger partial charge in [-0.05, 0) is 42.9 Å². The van der Waals surface area contributed by atoms with Crippen LogP contribution in [0.5, 0.6) is 0 Å². The first kappa shape index (κ1) is 17.5. The summed E-state index contributed by atoms with van der Waals surface area (Å²) in [6.45, 7) is 7.89. The van der Waals surface area contributed by atoms with E-state index in [0.717, 1.165) is 66.9 Å². The van der Waals surface area contributed by atoms with Crippen LogP contribution in [0.1, 0.15) is 41.9 Å². The SMILES string of the molecule is CC1(C)CCc2c(-c3cc4ccc(C(=O)N5CCNCC5)cc4[nH]3)n[nH]c2C1. The molecule has 3 heterocycles. The third kappa shape index (κ3) is 3.02. The van der Waals surface area contributed by atoms with Crippen molar-refractivity contribution in [2.24, 2.45) is 5.41 Å². The molecule has 0 atom stereocenters. The van der Waals surface area contributed by atoms with E-state index in [9.17, 15) is 4.79 Å². The van der Waals surface area contributed by atoms with Gasteiger partial charge in [-0.15, -0.1) is 0 Å². The number of piperazine rings is 1. The van der Waals surface area contributed by atoms with Gasteiger partial charge in [0.25, 0.3) is 5.91 Å². The number of hydrogen-bond acceptors (Lipinski definition) is 3. The number of rotatable bonds is 2. The highest BCUT2D eigenvalue weighted by Gasteiger charge is 2.29. The smallest absolute Gasteiger partial charge is 0.254 e. The molecule has 0 unspecified atom stereocenters. The molecule has 0 bridgehead atoms. The summed E-state index contributed by atoms with van der Waals surface area (Å²) in [5, 5.41) is 12.3. The van der Waals surface area contributed by atoms with E-state index in [2.05, 4.69) is 40.4 Å². The molecule has 1 saturated heterocycles. The van der Waals surface area contributed by atoms with Gasteiger partial charge in [0.1, 0.15) is 5.69 Å². The molecule has 0 radical (unpaired) electrons. The summed E-state index contributed by atoms with van der Waals surface area (Å²) in [6.07, 6.45) is 3.27. The average molecular weight is 377 g/mol. The Morgan fingerprint density at radius 3 is 2.82 bits per heavy atom. The van der Waals surface area contributed by atoms with E-state index in [1.54, 1.807) is 0 Å². The molecule has 1 amide bonds. The van der Waals surface area contributed by atoms with Crippen LogP contribution in [0.3, 0.4) is 0 Å². The lowest BCUT2D eigenvalue weighted by atomic mass is 9.76. The van der Waals surface area contributed by atoms with Gasteiger partial charge in [-0.25, -0.2) is 0 Å². The summed E-state index contributed by atoms with van der Waals surface area (Å²) in [5.41, 5.74) is 6.71. The third-order valence-electron chi connectivity index (χ3n) is 6.19. The minimum Gasteiger partial charge on any atom is -0.353 e. The van der Waals surface area contributed by atoms with E-state index >= 15 is 0 Å². The Morgan fingerprint density at radius 2 is 2.00 bits per heavy atom. The minimum atomic E-state index is 0.110. The van der Waals surface area contributed by atoms with Gasteiger partial charge in [0.05, 0.1) is 5.69 Å². The van der Waals surface area contributed by atoms with E-state index in [1.165, 1.54) is 17.7 Å². The number of carbonyl (C=O) groups is 1. The molecule has 28 heavy (non-hydrogen) atoms. The van der Waals surface area contributed by atoms with Gasteiger partial charge in [0.15, 0.2) is 0 Å². The topological polar surface area (TPSA) is 76.8 Å². The Kier molecular flexibility index (Phi) is 4.05. The van der Waals surface area contributed by atoms with Gasteiger partial charge in [0.2, 0.25) is 0 Å². The van der Waals surface area contributed by atoms with Crippen molar-refractivity contribution in [1.29, 1.82) is 0 Å². The highest BCUT2D eigenvalue weighted by molar-refractivity contribution is 5.98. The Bertz CT molecular complexity index is 1040. The fourth-order valence-electron chi connectivity index (χ4n) is 4.51. The number of amides is 1. The largest absolute Gasteiger partial charge is 0.353 e. The first-order valence-corrected chi connectivity index (χ1v) is 10.2. The number of nitrogens with zero attached hydrogens (tertiary/aromatic N) is 2. The van der Waals surface area contributed by atoms with Crippen LogP contribution in [0.4, 0.5) is 0 Å². The van der Waals surface area contributed by atoms with Gasteiger partial charge in [-0.3, -0.25) is 9.89 Å². The van der Waals surface area contributed by atoms with Crippen molar-refractivity contribution in [3.8, 4) is 11.4 Å². The quantitative estimate of drug-likeness (QED) is 0.642. The molecule has 1 fully saturated rings. The maximum absolute atomic E-state index is 12.8. The van der Waals surface area contributed by atoms with Crippen LogP contribution in [-0.4, -0.2) is 52.2 Å². The average Bonchev–Trinajstić information content (AvgIpc) is 3.29. The second kappa shape index (κ2) is 6.48. The van der Waals surface area contributed by atoms with Crippen molar-refractivity contribution >= 4 is 16.8 Å². The van der Waals surface area contributed by atoms with Crippen molar-refractivity contribution in [2.75, 3.05) is 26.2 Å². The Hall–Kier alpha value is -2.60. The van der Waals surface area contributed by atoms with E-state index in [-0.39, 0.29) is 5.91 Å². The maximum atomic E-state index is 12.8. The number of carbonyl (C=O) groups excluding carboxylic acids is 1. The predicted octanol–water partition coefficient (Wildman–Crippen LogP) is 3.12. The Balaban J connectivity index is 1.46. The number of fused-ring (bicyclic) bond motifs is 2. The van der Waals surface area contributed by atoms with Crippen molar-refractivity contribution in [3.63, 3.8) is 0 Å². The summed E-state index contributed by atoms with van der Waals surface area (Å²) in [7, 11) is 0. The third-order valence-corrected chi connectivity index (χ3v) is 6.19. The summed E-state index contributed by atoms with van der Waals surface area (Å²) >= 11 is 0. The van der Waals surface area contributed by atoms with E-state index in [0.29, 0.717) is 5.41 Å². The van der Waals surface area contributed by atoms with Gasteiger partial charge in [0, 0.05) is 53.9 Å². The van der Waals surface area contributed by atoms with Crippen molar-refractivity contribution in [1.82, 2.24) is 25.4 Å². The molecule has 1 aromatic carbocycles. The van der Waals surface area contributed by atoms with Gasteiger partial charge >= 0.3 is 0 Å². The van der Waals surface area contributed by atoms with Crippen molar-refractivity contribution in [2.45, 2.75) is 33.1 Å². The molecule has 1 aliphatic carbocycles. The van der Waals surface area contributed by atoms with Crippen LogP contribution in [0, 0.1) is 5.41 Å². The normalized spacial score (nSPS) is 19.0. The first-order valence-electron chi connectivity index (χ1n) is 10.2. The zero-order valence-corrected chi connectivity index (χ0v) is 16.6. The zero-order chi connectivity index (χ0) is 19.3. The minimum absolute atomic E-state index is 0.110. The second-order valence-corrected chi connectivity index (χ2v) is 8.90. The fourth-order valence-corrected chi connectivity index (χ4v) is 4.51. The molecule has 6 heteroatoms. The number of aromatic amines is 2. The van der Waals surface area contributed by atoms with Gasteiger partial charge in [-0.2, -0.15) is 5.10 Å². The molecule has 3 aromatic rings. The Morgan fingerprint density at radius 1 is 1.18 bits per heavy atom. The van der Waals surface area contributed by atoms with E-state index < -0.39 is 0 Å². The summed E-state index contributed by atoms with van der Waals surface area (Å²) in [4.78, 5) is 18.2. The van der Waals surface area contributed by atoms with Gasteiger partial charge in [-0.1, -0.05) is 19.9 Å². The molecule has 3 N–H and O–H groups in total. The van der Waals surface area contributed by atoms with Crippen molar-refractivity contribution < 1.29 is 4.79 Å². The molecule has 2 aromatic heterocycles. The molecular weight excluding hydrogens is 350 g/mol. The molecule has 146 valence electrons. The highest BCUT2D eigenvalue weighted by atomic mass is 16.2. The molecule has 1 aliphatic heterocycles. The second-order valence-electron chi connectivity index (χ2n) is 8.90. The lowest BCUT2D eigenvalue weighted by Crippen LogP contribution is -2.46.